The van der Waals surface area contributed by atoms with Crippen LogP contribution in [0.4, 0.5) is 5.69 Å². The summed E-state index contributed by atoms with van der Waals surface area (Å²) in [6.07, 6.45) is 1.83. The number of rotatable bonds is 4. The molecule has 3 heterocycles. The van der Waals surface area contributed by atoms with E-state index in [2.05, 4.69) is 10.1 Å². The Morgan fingerprint density at radius 1 is 1.25 bits per heavy atom. The lowest BCUT2D eigenvalue weighted by Crippen LogP contribution is -2.42. The van der Waals surface area contributed by atoms with E-state index < -0.39 is 0 Å². The van der Waals surface area contributed by atoms with E-state index in [9.17, 15) is 9.59 Å². The van der Waals surface area contributed by atoms with E-state index in [-0.39, 0.29) is 30.1 Å². The summed E-state index contributed by atoms with van der Waals surface area (Å²) in [5.41, 5.74) is 0.718. The Balaban J connectivity index is 1.39. The van der Waals surface area contributed by atoms with Gasteiger partial charge in [-0.15, -0.1) is 0 Å². The Bertz CT molecular complexity index is 873. The van der Waals surface area contributed by atoms with E-state index in [1.54, 1.807) is 18.9 Å². The van der Waals surface area contributed by atoms with Crippen molar-refractivity contribution in [3.63, 3.8) is 0 Å². The van der Waals surface area contributed by atoms with Crippen molar-refractivity contribution in [2.24, 2.45) is 5.92 Å². The first-order valence-corrected chi connectivity index (χ1v) is 9.59. The first-order chi connectivity index (χ1) is 13.6. The molecule has 148 valence electrons. The third-order valence-electron chi connectivity index (χ3n) is 5.55. The molecule has 0 radical (unpaired) electrons. The minimum absolute atomic E-state index is 0.0425. The van der Waals surface area contributed by atoms with Crippen LogP contribution < -0.4 is 9.64 Å². The van der Waals surface area contributed by atoms with Gasteiger partial charge in [-0.05, 0) is 31.9 Å². The largest absolute Gasteiger partial charge is 0.495 e. The predicted octanol–water partition coefficient (Wildman–Crippen LogP) is 2.15. The third kappa shape index (κ3) is 3.46. The lowest BCUT2D eigenvalue weighted by Gasteiger charge is -2.32. The summed E-state index contributed by atoms with van der Waals surface area (Å²) >= 11 is 0. The number of amides is 2. The highest BCUT2D eigenvalue weighted by molar-refractivity contribution is 6.01. The second kappa shape index (κ2) is 7.61. The highest BCUT2D eigenvalue weighted by atomic mass is 16.5. The summed E-state index contributed by atoms with van der Waals surface area (Å²) < 4.78 is 10.6. The molecule has 4 rings (SSSR count). The number of aryl methyl sites for hydroxylation is 1. The lowest BCUT2D eigenvalue weighted by molar-refractivity contribution is -0.136. The van der Waals surface area contributed by atoms with Crippen molar-refractivity contribution in [2.45, 2.75) is 32.1 Å². The molecule has 0 aliphatic carbocycles. The van der Waals surface area contributed by atoms with Gasteiger partial charge in [0.05, 0.1) is 18.7 Å². The van der Waals surface area contributed by atoms with Crippen LogP contribution in [0.25, 0.3) is 0 Å². The lowest BCUT2D eigenvalue weighted by atomic mass is 9.95. The van der Waals surface area contributed by atoms with Crippen LogP contribution in [0.2, 0.25) is 0 Å². The first-order valence-electron chi connectivity index (χ1n) is 9.59. The molecule has 2 aliphatic rings. The number of hydrogen-bond acceptors (Lipinski definition) is 6. The van der Waals surface area contributed by atoms with Crippen LogP contribution in [0.3, 0.4) is 0 Å². The van der Waals surface area contributed by atoms with Crippen LogP contribution >= 0.6 is 0 Å². The SMILES string of the molecule is COc1ccccc1N1CC(C(=O)N2CCC(c3nc(C)no3)CC2)CC1=O. The topological polar surface area (TPSA) is 88.8 Å². The number of methoxy groups -OCH3 is 1. The number of piperidine rings is 1. The van der Waals surface area contributed by atoms with Crippen LogP contribution in [-0.2, 0) is 9.59 Å². The summed E-state index contributed by atoms with van der Waals surface area (Å²) in [7, 11) is 1.58. The van der Waals surface area contributed by atoms with E-state index in [1.165, 1.54) is 0 Å². The van der Waals surface area contributed by atoms with Gasteiger partial charge in [0, 0.05) is 32.0 Å². The summed E-state index contributed by atoms with van der Waals surface area (Å²) in [5.74, 6) is 1.81. The van der Waals surface area contributed by atoms with Crippen molar-refractivity contribution in [1.82, 2.24) is 15.0 Å². The second-order valence-electron chi connectivity index (χ2n) is 7.36. The van der Waals surface area contributed by atoms with Gasteiger partial charge < -0.3 is 19.1 Å². The van der Waals surface area contributed by atoms with Crippen LogP contribution in [0.15, 0.2) is 28.8 Å². The van der Waals surface area contributed by atoms with Crippen molar-refractivity contribution < 1.29 is 18.8 Å². The molecule has 2 fully saturated rings. The second-order valence-corrected chi connectivity index (χ2v) is 7.36. The molecule has 1 atom stereocenters. The maximum atomic E-state index is 13.0. The van der Waals surface area contributed by atoms with Gasteiger partial charge in [0.25, 0.3) is 0 Å². The molecular weight excluding hydrogens is 360 g/mol. The van der Waals surface area contributed by atoms with Gasteiger partial charge in [-0.2, -0.15) is 4.98 Å². The third-order valence-corrected chi connectivity index (χ3v) is 5.55. The average molecular weight is 384 g/mol. The van der Waals surface area contributed by atoms with Crippen LogP contribution in [0.1, 0.15) is 36.9 Å². The smallest absolute Gasteiger partial charge is 0.229 e. The molecule has 28 heavy (non-hydrogen) atoms. The van der Waals surface area contributed by atoms with Crippen molar-refractivity contribution in [3.05, 3.63) is 36.0 Å². The molecule has 0 bridgehead atoms. The molecule has 8 heteroatoms. The number of aromatic nitrogens is 2. The zero-order chi connectivity index (χ0) is 19.7. The van der Waals surface area contributed by atoms with Crippen LogP contribution in [0, 0.1) is 12.8 Å². The molecule has 1 unspecified atom stereocenters. The van der Waals surface area contributed by atoms with E-state index in [0.717, 1.165) is 18.5 Å². The van der Waals surface area contributed by atoms with Gasteiger partial charge in [0.1, 0.15) is 5.75 Å². The van der Waals surface area contributed by atoms with E-state index in [4.69, 9.17) is 9.26 Å². The van der Waals surface area contributed by atoms with E-state index in [0.29, 0.717) is 37.1 Å². The fraction of sp³-hybridized carbons (Fsp3) is 0.500. The molecule has 0 N–H and O–H groups in total. The van der Waals surface area contributed by atoms with Gasteiger partial charge in [0.2, 0.25) is 17.7 Å². The normalized spacial score (nSPS) is 20.6. The Morgan fingerprint density at radius 2 is 2.00 bits per heavy atom. The predicted molar refractivity (Wildman–Crippen MR) is 101 cm³/mol. The molecule has 8 nitrogen and oxygen atoms in total. The van der Waals surface area contributed by atoms with E-state index >= 15 is 0 Å². The maximum Gasteiger partial charge on any atom is 0.229 e. The monoisotopic (exact) mass is 384 g/mol. The first kappa shape index (κ1) is 18.5. The van der Waals surface area contributed by atoms with Gasteiger partial charge in [-0.3, -0.25) is 9.59 Å². The number of nitrogens with zero attached hydrogens (tertiary/aromatic N) is 4. The minimum Gasteiger partial charge on any atom is -0.495 e. The maximum absolute atomic E-state index is 13.0. The number of hydrogen-bond donors (Lipinski definition) is 0. The quantitative estimate of drug-likeness (QED) is 0.802. The molecule has 2 saturated heterocycles. The highest BCUT2D eigenvalue weighted by Crippen LogP contribution is 2.34. The van der Waals surface area contributed by atoms with Gasteiger partial charge in [0.15, 0.2) is 5.82 Å². The number of carbonyl (C=O) groups is 2. The average Bonchev–Trinajstić information content (AvgIpc) is 3.33. The highest BCUT2D eigenvalue weighted by Gasteiger charge is 2.39. The van der Waals surface area contributed by atoms with Crippen molar-refractivity contribution in [3.8, 4) is 5.75 Å². The Kier molecular flexibility index (Phi) is 5.02. The number of anilines is 1. The van der Waals surface area contributed by atoms with Gasteiger partial charge >= 0.3 is 0 Å². The fourth-order valence-corrected chi connectivity index (χ4v) is 4.04. The number of ether oxygens (including phenoxy) is 1. The Morgan fingerprint density at radius 3 is 2.68 bits per heavy atom. The zero-order valence-corrected chi connectivity index (χ0v) is 16.1. The Labute approximate surface area is 163 Å². The molecule has 2 aromatic rings. The summed E-state index contributed by atoms with van der Waals surface area (Å²) in [4.78, 5) is 33.4. The standard InChI is InChI=1S/C20H24N4O4/c1-13-21-19(28-22-13)14-7-9-23(10-8-14)20(26)15-11-18(25)24(12-15)16-5-3-4-6-17(16)27-2/h3-6,14-15H,7-12H2,1-2H3. The summed E-state index contributed by atoms with van der Waals surface area (Å²) in [6.45, 7) is 3.48. The molecular formula is C20H24N4O4. The van der Waals surface area contributed by atoms with Crippen LogP contribution in [0.5, 0.6) is 5.75 Å². The van der Waals surface area contributed by atoms with Crippen molar-refractivity contribution in [2.75, 3.05) is 31.6 Å². The minimum atomic E-state index is -0.320. The van der Waals surface area contributed by atoms with Gasteiger partial charge in [-0.1, -0.05) is 17.3 Å². The molecule has 1 aromatic carbocycles. The van der Waals surface area contributed by atoms with Gasteiger partial charge in [-0.25, -0.2) is 0 Å². The number of benzene rings is 1. The number of para-hydroxylation sites is 2. The summed E-state index contributed by atoms with van der Waals surface area (Å²) in [5, 5.41) is 3.85. The zero-order valence-electron chi connectivity index (χ0n) is 16.1. The molecule has 0 saturated carbocycles. The van der Waals surface area contributed by atoms with Crippen LogP contribution in [-0.4, -0.2) is 53.6 Å². The molecule has 1 aromatic heterocycles. The van der Waals surface area contributed by atoms with E-state index in [1.807, 2.05) is 29.2 Å². The fourth-order valence-electron chi connectivity index (χ4n) is 4.04. The molecule has 2 aliphatic heterocycles. The molecule has 2 amide bonds. The number of carbonyl (C=O) groups excluding carboxylic acids is 2. The summed E-state index contributed by atoms with van der Waals surface area (Å²) in [6, 6.07) is 7.40. The number of likely N-dealkylation sites (tertiary alicyclic amines) is 1. The van der Waals surface area contributed by atoms with Crippen molar-refractivity contribution >= 4 is 17.5 Å². The Hall–Kier alpha value is -2.90. The molecule has 0 spiro atoms. The van der Waals surface area contributed by atoms with Crippen molar-refractivity contribution in [1.29, 1.82) is 0 Å².